The highest BCUT2D eigenvalue weighted by Crippen LogP contribution is 2.32. The summed E-state index contributed by atoms with van der Waals surface area (Å²) in [5.74, 6) is 2.44. The number of rotatable bonds is 3. The number of nitrogens with one attached hydrogen (secondary N) is 1. The third kappa shape index (κ3) is 2.51. The first-order chi connectivity index (χ1) is 9.65. The molecule has 1 saturated carbocycles. The summed E-state index contributed by atoms with van der Waals surface area (Å²) < 4.78 is 1.91. The Kier molecular flexibility index (Phi) is 3.64. The largest absolute Gasteiger partial charge is 0.365 e. The predicted octanol–water partition coefficient (Wildman–Crippen LogP) is 3.66. The number of fused-ring (bicyclic) bond motifs is 1. The number of nitrogens with zero attached hydrogens (tertiary/aromatic N) is 3. The van der Waals surface area contributed by atoms with Gasteiger partial charge in [0.1, 0.15) is 5.52 Å². The second kappa shape index (κ2) is 5.43. The maximum absolute atomic E-state index is 4.54. The van der Waals surface area contributed by atoms with Gasteiger partial charge in [0.25, 0.3) is 0 Å². The fourth-order valence-electron chi connectivity index (χ4n) is 3.47. The third-order valence-corrected chi connectivity index (χ3v) is 4.51. The van der Waals surface area contributed by atoms with Gasteiger partial charge in [0, 0.05) is 18.4 Å². The predicted molar refractivity (Wildman–Crippen MR) is 81.9 cm³/mol. The molecule has 4 heteroatoms. The zero-order valence-corrected chi connectivity index (χ0v) is 12.6. The van der Waals surface area contributed by atoms with Crippen LogP contribution in [0.3, 0.4) is 0 Å². The second-order valence-electron chi connectivity index (χ2n) is 6.33. The van der Waals surface area contributed by atoms with Crippen LogP contribution >= 0.6 is 0 Å². The molecule has 1 aliphatic carbocycles. The van der Waals surface area contributed by atoms with Gasteiger partial charge in [-0.05, 0) is 37.7 Å². The summed E-state index contributed by atoms with van der Waals surface area (Å²) in [5, 5.41) is 8.15. The van der Waals surface area contributed by atoms with Gasteiger partial charge in [-0.3, -0.25) is 0 Å². The average molecular weight is 272 g/mol. The van der Waals surface area contributed by atoms with Crippen molar-refractivity contribution in [3.05, 3.63) is 24.2 Å². The van der Waals surface area contributed by atoms with Crippen molar-refractivity contribution in [2.24, 2.45) is 11.8 Å². The Labute approximate surface area is 120 Å². The summed E-state index contributed by atoms with van der Waals surface area (Å²) in [5.41, 5.74) is 2.11. The van der Waals surface area contributed by atoms with E-state index in [0.29, 0.717) is 6.04 Å². The molecule has 2 heterocycles. The lowest BCUT2D eigenvalue weighted by molar-refractivity contribution is 0.253. The summed E-state index contributed by atoms with van der Waals surface area (Å²) in [4.78, 5) is 4.54. The van der Waals surface area contributed by atoms with Crippen molar-refractivity contribution in [2.45, 2.75) is 52.5 Å². The highest BCUT2D eigenvalue weighted by atomic mass is 15.2. The fraction of sp³-hybridized carbons (Fsp3) is 0.625. The standard InChI is InChI=1S/C16H24N4/c1-11(2)13-6-4-5-7-14(13)18-16-15-10-12(3)19-20(15)9-8-17-16/h8-11,13-14H,4-7H2,1-3H3,(H,17,18). The molecule has 0 bridgehead atoms. The normalized spacial score (nSPS) is 23.4. The summed E-state index contributed by atoms with van der Waals surface area (Å²) in [7, 11) is 0. The Balaban J connectivity index is 1.88. The van der Waals surface area contributed by atoms with Gasteiger partial charge in [0.2, 0.25) is 0 Å². The minimum absolute atomic E-state index is 0.539. The molecular weight excluding hydrogens is 248 g/mol. The molecule has 108 valence electrons. The maximum Gasteiger partial charge on any atom is 0.152 e. The Morgan fingerprint density at radius 1 is 1.30 bits per heavy atom. The van der Waals surface area contributed by atoms with Crippen LogP contribution in [0.4, 0.5) is 5.82 Å². The molecule has 1 aliphatic rings. The van der Waals surface area contributed by atoms with Crippen LogP contribution in [0.25, 0.3) is 5.52 Å². The van der Waals surface area contributed by atoms with E-state index in [4.69, 9.17) is 0 Å². The second-order valence-corrected chi connectivity index (χ2v) is 6.33. The molecule has 2 aromatic heterocycles. The lowest BCUT2D eigenvalue weighted by Crippen LogP contribution is -2.35. The van der Waals surface area contributed by atoms with Crippen molar-refractivity contribution in [3.8, 4) is 0 Å². The molecule has 0 aliphatic heterocycles. The van der Waals surface area contributed by atoms with E-state index in [1.165, 1.54) is 25.7 Å². The molecule has 20 heavy (non-hydrogen) atoms. The Hall–Kier alpha value is -1.58. The van der Waals surface area contributed by atoms with Crippen LogP contribution in [0.2, 0.25) is 0 Å². The quantitative estimate of drug-likeness (QED) is 0.927. The molecule has 3 rings (SSSR count). The van der Waals surface area contributed by atoms with Crippen molar-refractivity contribution in [3.63, 3.8) is 0 Å². The summed E-state index contributed by atoms with van der Waals surface area (Å²) in [6.45, 7) is 6.69. The number of aryl methyl sites for hydroxylation is 1. The molecule has 4 nitrogen and oxygen atoms in total. The van der Waals surface area contributed by atoms with Crippen LogP contribution in [-0.2, 0) is 0 Å². The van der Waals surface area contributed by atoms with Crippen molar-refractivity contribution in [1.82, 2.24) is 14.6 Å². The SMILES string of the molecule is Cc1cc2c(NC3CCCCC3C(C)C)nccn2n1. The minimum Gasteiger partial charge on any atom is -0.365 e. The molecule has 2 unspecified atom stereocenters. The average Bonchev–Trinajstić information content (AvgIpc) is 2.80. The molecule has 1 N–H and O–H groups in total. The highest BCUT2D eigenvalue weighted by molar-refractivity contribution is 5.68. The van der Waals surface area contributed by atoms with Gasteiger partial charge in [-0.2, -0.15) is 5.10 Å². The van der Waals surface area contributed by atoms with E-state index < -0.39 is 0 Å². The smallest absolute Gasteiger partial charge is 0.152 e. The lowest BCUT2D eigenvalue weighted by Gasteiger charge is -2.35. The monoisotopic (exact) mass is 272 g/mol. The van der Waals surface area contributed by atoms with Crippen molar-refractivity contribution in [2.75, 3.05) is 5.32 Å². The third-order valence-electron chi connectivity index (χ3n) is 4.51. The number of aromatic nitrogens is 3. The van der Waals surface area contributed by atoms with Gasteiger partial charge in [-0.1, -0.05) is 26.7 Å². The summed E-state index contributed by atoms with van der Waals surface area (Å²) in [6, 6.07) is 2.64. The van der Waals surface area contributed by atoms with Crippen LogP contribution in [0, 0.1) is 18.8 Å². The first-order valence-corrected chi connectivity index (χ1v) is 7.72. The topological polar surface area (TPSA) is 42.2 Å². The first-order valence-electron chi connectivity index (χ1n) is 7.72. The van der Waals surface area contributed by atoms with E-state index in [1.54, 1.807) is 0 Å². The van der Waals surface area contributed by atoms with Crippen molar-refractivity contribution < 1.29 is 0 Å². The van der Waals surface area contributed by atoms with E-state index in [-0.39, 0.29) is 0 Å². The summed E-state index contributed by atoms with van der Waals surface area (Å²) in [6.07, 6.45) is 9.01. The van der Waals surface area contributed by atoms with E-state index in [0.717, 1.165) is 28.9 Å². The van der Waals surface area contributed by atoms with Crippen LogP contribution in [-0.4, -0.2) is 20.6 Å². The van der Waals surface area contributed by atoms with Gasteiger partial charge in [0.15, 0.2) is 5.82 Å². The van der Waals surface area contributed by atoms with E-state index in [1.807, 2.05) is 23.8 Å². The highest BCUT2D eigenvalue weighted by Gasteiger charge is 2.28. The Morgan fingerprint density at radius 2 is 2.10 bits per heavy atom. The molecule has 2 aromatic rings. The molecule has 1 fully saturated rings. The molecule has 0 aromatic carbocycles. The number of hydrogen-bond donors (Lipinski definition) is 1. The minimum atomic E-state index is 0.539. The van der Waals surface area contributed by atoms with Crippen LogP contribution in [0.5, 0.6) is 0 Å². The van der Waals surface area contributed by atoms with Crippen molar-refractivity contribution in [1.29, 1.82) is 0 Å². The van der Waals surface area contributed by atoms with Gasteiger partial charge in [-0.25, -0.2) is 9.50 Å². The molecule has 0 saturated heterocycles. The summed E-state index contributed by atoms with van der Waals surface area (Å²) >= 11 is 0. The van der Waals surface area contributed by atoms with Crippen LogP contribution in [0.15, 0.2) is 18.5 Å². The zero-order chi connectivity index (χ0) is 14.1. The molecule has 0 amide bonds. The molecule has 0 spiro atoms. The van der Waals surface area contributed by atoms with E-state index in [2.05, 4.69) is 35.3 Å². The van der Waals surface area contributed by atoms with E-state index >= 15 is 0 Å². The van der Waals surface area contributed by atoms with Crippen LogP contribution in [0.1, 0.15) is 45.2 Å². The molecule has 2 atom stereocenters. The van der Waals surface area contributed by atoms with Gasteiger partial charge in [-0.15, -0.1) is 0 Å². The van der Waals surface area contributed by atoms with Gasteiger partial charge < -0.3 is 5.32 Å². The number of hydrogen-bond acceptors (Lipinski definition) is 3. The fourth-order valence-corrected chi connectivity index (χ4v) is 3.47. The van der Waals surface area contributed by atoms with Crippen molar-refractivity contribution >= 4 is 11.3 Å². The number of anilines is 1. The molecule has 0 radical (unpaired) electrons. The Morgan fingerprint density at radius 3 is 2.90 bits per heavy atom. The molecular formula is C16H24N4. The van der Waals surface area contributed by atoms with Gasteiger partial charge >= 0.3 is 0 Å². The maximum atomic E-state index is 4.54. The lowest BCUT2D eigenvalue weighted by atomic mass is 9.78. The first kappa shape index (κ1) is 13.4. The van der Waals surface area contributed by atoms with E-state index in [9.17, 15) is 0 Å². The Bertz CT molecular complexity index is 587. The zero-order valence-electron chi connectivity index (χ0n) is 12.6. The van der Waals surface area contributed by atoms with Gasteiger partial charge in [0.05, 0.1) is 5.69 Å². The van der Waals surface area contributed by atoms with Crippen LogP contribution < -0.4 is 5.32 Å².